The number of aromatic nitrogens is 2. The summed E-state index contributed by atoms with van der Waals surface area (Å²) in [5.41, 5.74) is 1.42. The van der Waals surface area contributed by atoms with Crippen LogP contribution in [0.2, 0.25) is 0 Å². The fraction of sp³-hybridized carbons (Fsp3) is 0.222. The Labute approximate surface area is 150 Å². The maximum absolute atomic E-state index is 14.1. The maximum atomic E-state index is 14.1. The van der Waals surface area contributed by atoms with Crippen LogP contribution < -0.4 is 5.56 Å². The van der Waals surface area contributed by atoms with E-state index in [2.05, 4.69) is 22.9 Å². The van der Waals surface area contributed by atoms with E-state index in [0.717, 1.165) is 21.7 Å². The largest absolute Gasteiger partial charge is 0.292 e. The number of rotatable bonds is 2. The highest BCUT2D eigenvalue weighted by Gasteiger charge is 2.22. The molecule has 122 valence electrons. The molecule has 6 heteroatoms. The van der Waals surface area contributed by atoms with Crippen molar-refractivity contribution in [2.45, 2.75) is 26.3 Å². The second kappa shape index (κ2) is 5.93. The van der Waals surface area contributed by atoms with Gasteiger partial charge >= 0.3 is 0 Å². The highest BCUT2D eigenvalue weighted by atomic mass is 79.9. The summed E-state index contributed by atoms with van der Waals surface area (Å²) in [6.45, 7) is 2.66. The molecule has 0 radical (unpaired) electrons. The predicted molar refractivity (Wildman–Crippen MR) is 99.8 cm³/mol. The van der Waals surface area contributed by atoms with Crippen molar-refractivity contribution in [3.63, 3.8) is 0 Å². The van der Waals surface area contributed by atoms with Crippen molar-refractivity contribution in [1.29, 1.82) is 0 Å². The molecule has 0 atom stereocenters. The predicted octanol–water partition coefficient (Wildman–Crippen LogP) is 4.87. The van der Waals surface area contributed by atoms with E-state index < -0.39 is 0 Å². The smallest absolute Gasteiger partial charge is 0.262 e. The van der Waals surface area contributed by atoms with Crippen molar-refractivity contribution in [2.24, 2.45) is 0 Å². The molecule has 2 aromatic heterocycles. The van der Waals surface area contributed by atoms with Crippen LogP contribution in [0.5, 0.6) is 0 Å². The molecular formula is C18H14BrFN2OS. The fourth-order valence-corrected chi connectivity index (χ4v) is 4.27. The normalized spacial score (nSPS) is 15.4. The quantitative estimate of drug-likeness (QED) is 0.610. The third-order valence-corrected chi connectivity index (χ3v) is 5.90. The first-order valence-corrected chi connectivity index (χ1v) is 9.37. The maximum Gasteiger partial charge on any atom is 0.262 e. The minimum absolute atomic E-state index is 0.00521. The van der Waals surface area contributed by atoms with Crippen LogP contribution in [0.25, 0.3) is 21.9 Å². The van der Waals surface area contributed by atoms with Gasteiger partial charge in [-0.05, 0) is 42.7 Å². The molecule has 3 nitrogen and oxygen atoms in total. The number of aryl methyl sites for hydroxylation is 1. The lowest BCUT2D eigenvalue weighted by molar-refractivity contribution is 0.624. The van der Waals surface area contributed by atoms with Crippen LogP contribution in [0.4, 0.5) is 4.39 Å². The van der Waals surface area contributed by atoms with Gasteiger partial charge < -0.3 is 0 Å². The third kappa shape index (κ3) is 2.54. The minimum atomic E-state index is -0.289. The zero-order valence-electron chi connectivity index (χ0n) is 13.0. The molecule has 1 aromatic carbocycles. The Morgan fingerprint density at radius 3 is 3.00 bits per heavy atom. The van der Waals surface area contributed by atoms with Gasteiger partial charge in [0, 0.05) is 21.5 Å². The summed E-state index contributed by atoms with van der Waals surface area (Å²) >= 11 is 4.82. The highest BCUT2D eigenvalue weighted by molar-refractivity contribution is 9.10. The Morgan fingerprint density at radius 1 is 1.42 bits per heavy atom. The molecule has 0 spiro atoms. The summed E-state index contributed by atoms with van der Waals surface area (Å²) in [7, 11) is 0. The lowest BCUT2D eigenvalue weighted by Crippen LogP contribution is -2.19. The molecule has 0 amide bonds. The molecule has 24 heavy (non-hydrogen) atoms. The van der Waals surface area contributed by atoms with E-state index in [1.54, 1.807) is 34.1 Å². The van der Waals surface area contributed by atoms with E-state index in [1.165, 1.54) is 6.07 Å². The topological polar surface area (TPSA) is 34.9 Å². The summed E-state index contributed by atoms with van der Waals surface area (Å²) in [6, 6.07) is 6.92. The van der Waals surface area contributed by atoms with Gasteiger partial charge in [0.2, 0.25) is 0 Å². The summed E-state index contributed by atoms with van der Waals surface area (Å²) < 4.78 is 16.5. The second-order valence-corrected chi connectivity index (χ2v) is 7.79. The van der Waals surface area contributed by atoms with Crippen molar-refractivity contribution in [1.82, 2.24) is 9.55 Å². The first-order chi connectivity index (χ1) is 11.6. The van der Waals surface area contributed by atoms with Crippen molar-refractivity contribution in [2.75, 3.05) is 0 Å². The molecule has 0 bridgehead atoms. The van der Waals surface area contributed by atoms with E-state index in [9.17, 15) is 9.18 Å². The first kappa shape index (κ1) is 15.7. The molecule has 0 fully saturated rings. The number of fused-ring (bicyclic) bond motifs is 2. The van der Waals surface area contributed by atoms with Gasteiger partial charge in [-0.2, -0.15) is 0 Å². The van der Waals surface area contributed by atoms with Gasteiger partial charge in [-0.25, -0.2) is 9.37 Å². The van der Waals surface area contributed by atoms with Crippen molar-refractivity contribution < 1.29 is 4.39 Å². The molecule has 0 aliphatic carbocycles. The highest BCUT2D eigenvalue weighted by Crippen LogP contribution is 2.31. The zero-order valence-corrected chi connectivity index (χ0v) is 15.4. The molecule has 1 aliphatic rings. The van der Waals surface area contributed by atoms with Gasteiger partial charge in [-0.3, -0.25) is 9.36 Å². The Morgan fingerprint density at radius 2 is 2.25 bits per heavy atom. The first-order valence-electron chi connectivity index (χ1n) is 7.76. The third-order valence-electron chi connectivity index (χ3n) is 4.23. The van der Waals surface area contributed by atoms with Crippen LogP contribution in [-0.4, -0.2) is 9.55 Å². The van der Waals surface area contributed by atoms with Crippen LogP contribution in [0.15, 0.2) is 33.5 Å². The van der Waals surface area contributed by atoms with Crippen molar-refractivity contribution >= 4 is 49.1 Å². The molecule has 3 heterocycles. The van der Waals surface area contributed by atoms with Crippen LogP contribution in [0.3, 0.4) is 0 Å². The number of benzene rings is 1. The lowest BCUT2D eigenvalue weighted by Gasteiger charge is -2.03. The molecule has 0 saturated heterocycles. The minimum Gasteiger partial charge on any atom is -0.292 e. The number of hydrogen-bond acceptors (Lipinski definition) is 3. The lowest BCUT2D eigenvalue weighted by atomic mass is 10.1. The molecule has 4 rings (SSSR count). The SMILES string of the molecule is CCc1cc2c(=O)n3c(nc2s1)/C(=C/c1ccc(Br)cc1F)CC3. The van der Waals surface area contributed by atoms with E-state index in [1.807, 2.05) is 6.07 Å². The van der Waals surface area contributed by atoms with Gasteiger partial charge in [0.15, 0.2) is 0 Å². The second-order valence-electron chi connectivity index (χ2n) is 5.76. The Hall–Kier alpha value is -1.79. The summed E-state index contributed by atoms with van der Waals surface area (Å²) in [4.78, 5) is 19.3. The van der Waals surface area contributed by atoms with E-state index in [0.29, 0.717) is 34.2 Å². The molecule has 0 N–H and O–H groups in total. The number of allylic oxidation sites excluding steroid dienone is 1. The zero-order chi connectivity index (χ0) is 16.8. The van der Waals surface area contributed by atoms with Crippen LogP contribution in [0.1, 0.15) is 29.6 Å². The van der Waals surface area contributed by atoms with Gasteiger partial charge in [0.1, 0.15) is 16.5 Å². The Bertz CT molecular complexity index is 1050. The number of hydrogen-bond donors (Lipinski definition) is 0. The number of halogens is 2. The molecule has 1 aliphatic heterocycles. The average molecular weight is 405 g/mol. The van der Waals surface area contributed by atoms with Crippen molar-refractivity contribution in [3.8, 4) is 0 Å². The van der Waals surface area contributed by atoms with Gasteiger partial charge in [-0.15, -0.1) is 11.3 Å². The van der Waals surface area contributed by atoms with Gasteiger partial charge in [0.25, 0.3) is 5.56 Å². The fourth-order valence-electron chi connectivity index (χ4n) is 2.98. The molecule has 0 saturated carbocycles. The summed E-state index contributed by atoms with van der Waals surface area (Å²) in [6.07, 6.45) is 3.38. The van der Waals surface area contributed by atoms with Crippen LogP contribution in [-0.2, 0) is 13.0 Å². The van der Waals surface area contributed by atoms with Crippen LogP contribution in [0, 0.1) is 5.82 Å². The molecule has 0 unspecified atom stereocenters. The average Bonchev–Trinajstić information content (AvgIpc) is 3.15. The number of nitrogens with zero attached hydrogens (tertiary/aromatic N) is 2. The standard InChI is InChI=1S/C18H14BrFN2OS/c1-2-13-9-14-17(24-13)21-16-11(5-6-22(16)18(14)23)7-10-3-4-12(19)8-15(10)20/h3-4,7-9H,2,5-6H2,1H3/b11-7+. The van der Waals surface area contributed by atoms with Crippen LogP contribution >= 0.6 is 27.3 Å². The van der Waals surface area contributed by atoms with E-state index in [4.69, 9.17) is 4.98 Å². The van der Waals surface area contributed by atoms with Crippen molar-refractivity contribution in [3.05, 3.63) is 61.2 Å². The van der Waals surface area contributed by atoms with Gasteiger partial charge in [-0.1, -0.05) is 28.9 Å². The van der Waals surface area contributed by atoms with E-state index in [-0.39, 0.29) is 11.4 Å². The Kier molecular flexibility index (Phi) is 3.89. The molecular weight excluding hydrogens is 391 g/mol. The Balaban J connectivity index is 1.87. The summed E-state index contributed by atoms with van der Waals surface area (Å²) in [5.74, 6) is 0.377. The number of thiophene rings is 1. The monoisotopic (exact) mass is 404 g/mol. The summed E-state index contributed by atoms with van der Waals surface area (Å²) in [5, 5.41) is 0.691. The molecule has 3 aromatic rings. The van der Waals surface area contributed by atoms with Gasteiger partial charge in [0.05, 0.1) is 5.39 Å². The van der Waals surface area contributed by atoms with E-state index >= 15 is 0 Å².